The van der Waals surface area contributed by atoms with Crippen LogP contribution in [0.2, 0.25) is 0 Å². The summed E-state index contributed by atoms with van der Waals surface area (Å²) in [4.78, 5) is 0. The summed E-state index contributed by atoms with van der Waals surface area (Å²) in [5.41, 5.74) is 0.508. The van der Waals surface area contributed by atoms with Crippen LogP contribution in [0, 0.1) is 5.82 Å². The lowest BCUT2D eigenvalue weighted by atomic mass is 9.82. The third-order valence-corrected chi connectivity index (χ3v) is 4.19. The first-order valence-electron chi connectivity index (χ1n) is 7.36. The van der Waals surface area contributed by atoms with E-state index in [4.69, 9.17) is 14.2 Å². The van der Waals surface area contributed by atoms with E-state index in [1.54, 1.807) is 13.2 Å². The Hall–Kier alpha value is -1.17. The van der Waals surface area contributed by atoms with Gasteiger partial charge in [-0.15, -0.1) is 0 Å². The highest BCUT2D eigenvalue weighted by molar-refractivity contribution is 5.32. The van der Waals surface area contributed by atoms with Crippen molar-refractivity contribution in [2.45, 2.75) is 31.4 Å². The van der Waals surface area contributed by atoms with Crippen LogP contribution in [0.4, 0.5) is 4.39 Å². The largest absolute Gasteiger partial charge is 0.494 e. The molecular weight excluding hydrogens is 273 g/mol. The Morgan fingerprint density at radius 2 is 2.05 bits per heavy atom. The fourth-order valence-electron chi connectivity index (χ4n) is 3.00. The monoisotopic (exact) mass is 297 g/mol. The minimum absolute atomic E-state index is 0.0724. The second-order valence-corrected chi connectivity index (χ2v) is 5.27. The molecular formula is C16H24FNO3. The summed E-state index contributed by atoms with van der Waals surface area (Å²) in [6.45, 7) is 4.14. The fraction of sp³-hybridized carbons (Fsp3) is 0.625. The van der Waals surface area contributed by atoms with Crippen LogP contribution in [0.15, 0.2) is 18.2 Å². The Morgan fingerprint density at radius 1 is 1.33 bits per heavy atom. The molecule has 118 valence electrons. The number of benzene rings is 1. The summed E-state index contributed by atoms with van der Waals surface area (Å²) in [5, 5.41) is 3.44. The average Bonchev–Trinajstić information content (AvgIpc) is 2.53. The number of likely N-dealkylation sites (N-methyl/N-ethyl adjacent to an activating group) is 1. The van der Waals surface area contributed by atoms with Crippen molar-refractivity contribution in [3.63, 3.8) is 0 Å². The molecule has 2 rings (SSSR count). The SMILES string of the molecule is CCNC(c1ccc(OC)c(F)c1)C1(OC)CCOCC1. The number of hydrogen-bond acceptors (Lipinski definition) is 4. The Labute approximate surface area is 125 Å². The summed E-state index contributed by atoms with van der Waals surface area (Å²) < 4.78 is 30.3. The molecule has 21 heavy (non-hydrogen) atoms. The van der Waals surface area contributed by atoms with Crippen LogP contribution in [0.3, 0.4) is 0 Å². The van der Waals surface area contributed by atoms with Crippen molar-refractivity contribution in [2.75, 3.05) is 34.0 Å². The second kappa shape index (κ2) is 7.20. The van der Waals surface area contributed by atoms with E-state index >= 15 is 0 Å². The van der Waals surface area contributed by atoms with Crippen molar-refractivity contribution in [2.24, 2.45) is 0 Å². The number of methoxy groups -OCH3 is 2. The van der Waals surface area contributed by atoms with E-state index in [1.807, 2.05) is 13.0 Å². The van der Waals surface area contributed by atoms with Gasteiger partial charge in [-0.2, -0.15) is 0 Å². The molecule has 4 nitrogen and oxygen atoms in total. The highest BCUT2D eigenvalue weighted by atomic mass is 19.1. The highest BCUT2D eigenvalue weighted by Crippen LogP contribution is 2.38. The van der Waals surface area contributed by atoms with Crippen molar-refractivity contribution < 1.29 is 18.6 Å². The van der Waals surface area contributed by atoms with E-state index in [9.17, 15) is 4.39 Å². The first-order chi connectivity index (χ1) is 10.2. The van der Waals surface area contributed by atoms with Crippen LogP contribution in [-0.4, -0.2) is 39.6 Å². The Morgan fingerprint density at radius 3 is 2.57 bits per heavy atom. The van der Waals surface area contributed by atoms with Crippen molar-refractivity contribution >= 4 is 0 Å². The van der Waals surface area contributed by atoms with E-state index in [-0.39, 0.29) is 23.2 Å². The van der Waals surface area contributed by atoms with Crippen LogP contribution in [0.25, 0.3) is 0 Å². The summed E-state index contributed by atoms with van der Waals surface area (Å²) in [7, 11) is 3.19. The number of nitrogens with one attached hydrogen (secondary N) is 1. The average molecular weight is 297 g/mol. The fourth-order valence-corrected chi connectivity index (χ4v) is 3.00. The number of halogens is 1. The van der Waals surface area contributed by atoms with Crippen molar-refractivity contribution in [3.05, 3.63) is 29.6 Å². The topological polar surface area (TPSA) is 39.7 Å². The van der Waals surface area contributed by atoms with Crippen LogP contribution < -0.4 is 10.1 Å². The Bertz CT molecular complexity index is 461. The zero-order chi connectivity index (χ0) is 15.3. The maximum Gasteiger partial charge on any atom is 0.165 e. The third kappa shape index (κ3) is 3.36. The quantitative estimate of drug-likeness (QED) is 0.876. The van der Waals surface area contributed by atoms with Crippen LogP contribution in [0.5, 0.6) is 5.75 Å². The summed E-state index contributed by atoms with van der Waals surface area (Å²) in [6, 6.07) is 5.02. The molecule has 1 fully saturated rings. The van der Waals surface area contributed by atoms with Gasteiger partial charge in [-0.1, -0.05) is 13.0 Å². The molecule has 1 unspecified atom stereocenters. The molecule has 0 radical (unpaired) electrons. The van der Waals surface area contributed by atoms with E-state index in [0.29, 0.717) is 13.2 Å². The molecule has 1 N–H and O–H groups in total. The predicted molar refractivity (Wildman–Crippen MR) is 79.2 cm³/mol. The number of ether oxygens (including phenoxy) is 3. The smallest absolute Gasteiger partial charge is 0.165 e. The molecule has 1 aliphatic rings. The normalized spacial score (nSPS) is 19.2. The molecule has 1 heterocycles. The van der Waals surface area contributed by atoms with Crippen molar-refractivity contribution in [1.29, 1.82) is 0 Å². The van der Waals surface area contributed by atoms with Gasteiger partial charge in [0.25, 0.3) is 0 Å². The van der Waals surface area contributed by atoms with Gasteiger partial charge in [0.2, 0.25) is 0 Å². The molecule has 5 heteroatoms. The zero-order valence-electron chi connectivity index (χ0n) is 12.9. The van der Waals surface area contributed by atoms with Gasteiger partial charge in [-0.05, 0) is 24.2 Å². The van der Waals surface area contributed by atoms with Gasteiger partial charge in [0, 0.05) is 33.2 Å². The lowest BCUT2D eigenvalue weighted by Gasteiger charge is -2.43. The second-order valence-electron chi connectivity index (χ2n) is 5.27. The minimum Gasteiger partial charge on any atom is -0.494 e. The van der Waals surface area contributed by atoms with Gasteiger partial charge in [0.05, 0.1) is 18.8 Å². The third-order valence-electron chi connectivity index (χ3n) is 4.19. The lowest BCUT2D eigenvalue weighted by molar-refractivity contribution is -0.111. The van der Waals surface area contributed by atoms with E-state index in [1.165, 1.54) is 13.2 Å². The zero-order valence-corrected chi connectivity index (χ0v) is 12.9. The predicted octanol–water partition coefficient (Wildman–Crippen LogP) is 2.68. The molecule has 1 aromatic rings. The van der Waals surface area contributed by atoms with Gasteiger partial charge in [0.1, 0.15) is 0 Å². The molecule has 0 bridgehead atoms. The van der Waals surface area contributed by atoms with Gasteiger partial charge in [0.15, 0.2) is 11.6 Å². The summed E-state index contributed by atoms with van der Waals surface area (Å²) >= 11 is 0. The summed E-state index contributed by atoms with van der Waals surface area (Å²) in [6.07, 6.45) is 1.57. The first kappa shape index (κ1) is 16.2. The standard InChI is InChI=1S/C16H24FNO3/c1-4-18-15(16(20-3)7-9-21-10-8-16)12-5-6-14(19-2)13(17)11-12/h5-6,11,15,18H,4,7-10H2,1-3H3. The van der Waals surface area contributed by atoms with E-state index < -0.39 is 0 Å². The summed E-state index contributed by atoms with van der Waals surface area (Å²) in [5.74, 6) is -0.0938. The maximum absolute atomic E-state index is 14.0. The molecule has 0 amide bonds. The van der Waals surface area contributed by atoms with Gasteiger partial charge >= 0.3 is 0 Å². The van der Waals surface area contributed by atoms with Gasteiger partial charge in [-0.25, -0.2) is 4.39 Å². The van der Waals surface area contributed by atoms with Gasteiger partial charge in [-0.3, -0.25) is 0 Å². The minimum atomic E-state index is -0.366. The maximum atomic E-state index is 14.0. The van der Waals surface area contributed by atoms with Crippen molar-refractivity contribution in [3.8, 4) is 5.75 Å². The van der Waals surface area contributed by atoms with Gasteiger partial charge < -0.3 is 19.5 Å². The molecule has 1 aromatic carbocycles. The molecule has 0 spiro atoms. The Balaban J connectivity index is 2.35. The Kier molecular flexibility index (Phi) is 5.56. The highest BCUT2D eigenvalue weighted by Gasteiger charge is 2.41. The number of rotatable bonds is 6. The molecule has 1 atom stereocenters. The molecule has 0 aromatic heterocycles. The van der Waals surface area contributed by atoms with Crippen LogP contribution >= 0.6 is 0 Å². The van der Waals surface area contributed by atoms with Crippen LogP contribution in [-0.2, 0) is 9.47 Å². The van der Waals surface area contributed by atoms with E-state index in [0.717, 1.165) is 24.9 Å². The van der Waals surface area contributed by atoms with Crippen molar-refractivity contribution in [1.82, 2.24) is 5.32 Å². The van der Waals surface area contributed by atoms with Crippen LogP contribution in [0.1, 0.15) is 31.4 Å². The molecule has 1 saturated heterocycles. The molecule has 0 saturated carbocycles. The molecule has 0 aliphatic carbocycles. The van der Waals surface area contributed by atoms with E-state index in [2.05, 4.69) is 5.32 Å². The first-order valence-corrected chi connectivity index (χ1v) is 7.36. The molecule has 1 aliphatic heterocycles. The number of hydrogen-bond donors (Lipinski definition) is 1. The lowest BCUT2D eigenvalue weighted by Crippen LogP contribution is -2.49.